The fourth-order valence-electron chi connectivity index (χ4n) is 1.23. The first-order valence-corrected chi connectivity index (χ1v) is 6.53. The maximum absolute atomic E-state index is 9.54. The van der Waals surface area contributed by atoms with Crippen LogP contribution < -0.4 is 5.32 Å². The van der Waals surface area contributed by atoms with Gasteiger partial charge in [-0.1, -0.05) is 13.3 Å². The van der Waals surface area contributed by atoms with E-state index in [2.05, 4.69) is 12.2 Å². The number of ether oxygens (including phenoxy) is 2. The number of hydrogen-bond acceptors (Lipinski definition) is 6. The standard InChI is InChI=1S/C12H27NO5/c1-2-3-4-17-5-6-18-10-12(16)7-13-11(8-14)9-15/h11-16H,2-10H2,1H3. The third-order valence-electron chi connectivity index (χ3n) is 2.41. The van der Waals surface area contributed by atoms with Gasteiger partial charge in [0.1, 0.15) is 0 Å². The Labute approximate surface area is 109 Å². The largest absolute Gasteiger partial charge is 0.395 e. The quantitative estimate of drug-likeness (QED) is 0.323. The molecule has 1 unspecified atom stereocenters. The van der Waals surface area contributed by atoms with Crippen molar-refractivity contribution < 1.29 is 24.8 Å². The molecule has 0 bridgehead atoms. The molecule has 0 aliphatic heterocycles. The van der Waals surface area contributed by atoms with Crippen LogP contribution in [0.15, 0.2) is 0 Å². The Bertz CT molecular complexity index is 167. The second kappa shape index (κ2) is 13.2. The molecule has 0 aromatic heterocycles. The Morgan fingerprint density at radius 2 is 1.72 bits per heavy atom. The molecule has 6 nitrogen and oxygen atoms in total. The van der Waals surface area contributed by atoms with Crippen LogP contribution in [0.5, 0.6) is 0 Å². The molecule has 110 valence electrons. The van der Waals surface area contributed by atoms with Crippen molar-refractivity contribution in [1.82, 2.24) is 5.32 Å². The lowest BCUT2D eigenvalue weighted by Crippen LogP contribution is -2.41. The molecular formula is C12H27NO5. The predicted octanol–water partition coefficient (Wildman–Crippen LogP) is -0.877. The van der Waals surface area contributed by atoms with Crippen LogP contribution in [0.2, 0.25) is 0 Å². The molecule has 6 heteroatoms. The van der Waals surface area contributed by atoms with Crippen LogP contribution in [0.1, 0.15) is 19.8 Å². The Kier molecular flexibility index (Phi) is 13.0. The van der Waals surface area contributed by atoms with Crippen molar-refractivity contribution in [2.75, 3.05) is 46.2 Å². The van der Waals surface area contributed by atoms with Gasteiger partial charge in [-0.2, -0.15) is 0 Å². The summed E-state index contributed by atoms with van der Waals surface area (Å²) in [5.74, 6) is 0. The van der Waals surface area contributed by atoms with Gasteiger partial charge in [-0.3, -0.25) is 0 Å². The van der Waals surface area contributed by atoms with Crippen LogP contribution in [-0.4, -0.2) is 73.7 Å². The number of aliphatic hydroxyl groups is 3. The van der Waals surface area contributed by atoms with Gasteiger partial charge in [0.15, 0.2) is 0 Å². The Morgan fingerprint density at radius 3 is 2.33 bits per heavy atom. The highest BCUT2D eigenvalue weighted by atomic mass is 16.5. The van der Waals surface area contributed by atoms with Crippen molar-refractivity contribution in [2.24, 2.45) is 0 Å². The Morgan fingerprint density at radius 1 is 1.06 bits per heavy atom. The summed E-state index contributed by atoms with van der Waals surface area (Å²) in [4.78, 5) is 0. The fourth-order valence-corrected chi connectivity index (χ4v) is 1.23. The van der Waals surface area contributed by atoms with E-state index in [0.29, 0.717) is 13.2 Å². The molecule has 0 saturated carbocycles. The highest BCUT2D eigenvalue weighted by Gasteiger charge is 2.09. The second-order valence-electron chi connectivity index (χ2n) is 4.16. The molecule has 0 rings (SSSR count). The summed E-state index contributed by atoms with van der Waals surface area (Å²) < 4.78 is 10.5. The van der Waals surface area contributed by atoms with E-state index in [1.807, 2.05) is 0 Å². The molecule has 0 fully saturated rings. The van der Waals surface area contributed by atoms with Gasteiger partial charge < -0.3 is 30.1 Å². The van der Waals surface area contributed by atoms with Crippen LogP contribution in [0, 0.1) is 0 Å². The SMILES string of the molecule is CCCCOCCOCC(O)CNC(CO)CO. The Hall–Kier alpha value is -0.240. The summed E-state index contributed by atoms with van der Waals surface area (Å²) in [6.45, 7) is 4.04. The van der Waals surface area contributed by atoms with Crippen LogP contribution >= 0.6 is 0 Å². The molecule has 18 heavy (non-hydrogen) atoms. The molecule has 0 heterocycles. The topological polar surface area (TPSA) is 91.2 Å². The zero-order chi connectivity index (χ0) is 13.6. The lowest BCUT2D eigenvalue weighted by molar-refractivity contribution is 0.00197. The van der Waals surface area contributed by atoms with Crippen LogP contribution in [0.3, 0.4) is 0 Å². The molecule has 0 aliphatic rings. The molecule has 0 saturated heterocycles. The Balaban J connectivity index is 3.28. The lowest BCUT2D eigenvalue weighted by Gasteiger charge is -2.17. The first-order chi connectivity index (χ1) is 8.74. The zero-order valence-corrected chi connectivity index (χ0v) is 11.2. The highest BCUT2D eigenvalue weighted by Crippen LogP contribution is 1.90. The summed E-state index contributed by atoms with van der Waals surface area (Å²) >= 11 is 0. The summed E-state index contributed by atoms with van der Waals surface area (Å²) in [6.07, 6.45) is 1.51. The van der Waals surface area contributed by atoms with Crippen LogP contribution in [0.4, 0.5) is 0 Å². The van der Waals surface area contributed by atoms with Gasteiger partial charge >= 0.3 is 0 Å². The van der Waals surface area contributed by atoms with E-state index in [-0.39, 0.29) is 26.4 Å². The summed E-state index contributed by atoms with van der Waals surface area (Å²) in [6, 6.07) is -0.392. The number of unbranched alkanes of at least 4 members (excludes halogenated alkanes) is 1. The van der Waals surface area contributed by atoms with Crippen molar-refractivity contribution in [3.8, 4) is 0 Å². The van der Waals surface area contributed by atoms with Gasteiger partial charge in [0, 0.05) is 13.2 Å². The van der Waals surface area contributed by atoms with E-state index in [1.54, 1.807) is 0 Å². The normalized spacial score (nSPS) is 13.2. The first-order valence-electron chi connectivity index (χ1n) is 6.53. The average molecular weight is 265 g/mol. The second-order valence-corrected chi connectivity index (χ2v) is 4.16. The van der Waals surface area contributed by atoms with E-state index in [1.165, 1.54) is 0 Å². The van der Waals surface area contributed by atoms with E-state index >= 15 is 0 Å². The smallest absolute Gasteiger partial charge is 0.0897 e. The fraction of sp³-hybridized carbons (Fsp3) is 1.00. The van der Waals surface area contributed by atoms with Crippen LogP contribution in [-0.2, 0) is 9.47 Å². The number of nitrogens with one attached hydrogen (secondary N) is 1. The number of rotatable bonds is 13. The maximum atomic E-state index is 9.54. The third kappa shape index (κ3) is 10.9. The molecule has 0 spiro atoms. The van der Waals surface area contributed by atoms with E-state index < -0.39 is 12.1 Å². The van der Waals surface area contributed by atoms with Crippen molar-refractivity contribution in [2.45, 2.75) is 31.9 Å². The highest BCUT2D eigenvalue weighted by molar-refractivity contribution is 4.67. The zero-order valence-electron chi connectivity index (χ0n) is 11.2. The van der Waals surface area contributed by atoms with Crippen molar-refractivity contribution in [1.29, 1.82) is 0 Å². The van der Waals surface area contributed by atoms with Gasteiger partial charge in [-0.05, 0) is 6.42 Å². The minimum Gasteiger partial charge on any atom is -0.395 e. The minimum atomic E-state index is -0.652. The molecule has 0 aromatic rings. The summed E-state index contributed by atoms with van der Waals surface area (Å²) in [5, 5.41) is 30.0. The van der Waals surface area contributed by atoms with Gasteiger partial charge in [-0.25, -0.2) is 0 Å². The van der Waals surface area contributed by atoms with Crippen molar-refractivity contribution >= 4 is 0 Å². The summed E-state index contributed by atoms with van der Waals surface area (Å²) in [7, 11) is 0. The van der Waals surface area contributed by atoms with Crippen LogP contribution in [0.25, 0.3) is 0 Å². The van der Waals surface area contributed by atoms with Gasteiger partial charge in [0.2, 0.25) is 0 Å². The van der Waals surface area contributed by atoms with Crippen molar-refractivity contribution in [3.63, 3.8) is 0 Å². The average Bonchev–Trinajstić information content (AvgIpc) is 2.39. The number of aliphatic hydroxyl groups excluding tert-OH is 3. The first kappa shape index (κ1) is 17.8. The molecule has 0 aromatic carbocycles. The van der Waals surface area contributed by atoms with Crippen molar-refractivity contribution in [3.05, 3.63) is 0 Å². The number of hydrogen-bond donors (Lipinski definition) is 4. The predicted molar refractivity (Wildman–Crippen MR) is 68.5 cm³/mol. The van der Waals surface area contributed by atoms with E-state index in [0.717, 1.165) is 19.4 Å². The third-order valence-corrected chi connectivity index (χ3v) is 2.41. The van der Waals surface area contributed by atoms with Gasteiger partial charge in [0.25, 0.3) is 0 Å². The summed E-state index contributed by atoms with van der Waals surface area (Å²) in [5.41, 5.74) is 0. The molecule has 0 amide bonds. The molecule has 0 aliphatic carbocycles. The van der Waals surface area contributed by atoms with E-state index in [9.17, 15) is 5.11 Å². The monoisotopic (exact) mass is 265 g/mol. The molecule has 1 atom stereocenters. The molecule has 0 radical (unpaired) electrons. The van der Waals surface area contributed by atoms with Gasteiger partial charge in [-0.15, -0.1) is 0 Å². The molecular weight excluding hydrogens is 238 g/mol. The molecule has 4 N–H and O–H groups in total. The maximum Gasteiger partial charge on any atom is 0.0897 e. The minimum absolute atomic E-state index is 0.157. The lowest BCUT2D eigenvalue weighted by atomic mass is 10.3. The van der Waals surface area contributed by atoms with E-state index in [4.69, 9.17) is 19.7 Å². The van der Waals surface area contributed by atoms with Gasteiger partial charge in [0.05, 0.1) is 45.2 Å².